The average molecular weight is 182 g/mol. The highest BCUT2D eigenvalue weighted by Crippen LogP contribution is 2.19. The van der Waals surface area contributed by atoms with Gasteiger partial charge in [0.25, 0.3) is 5.69 Å². The van der Waals surface area contributed by atoms with Gasteiger partial charge in [0.15, 0.2) is 0 Å². The minimum Gasteiger partial charge on any atom is -0.258 e. The van der Waals surface area contributed by atoms with Crippen molar-refractivity contribution in [1.82, 2.24) is 0 Å². The van der Waals surface area contributed by atoms with Crippen molar-refractivity contribution in [1.29, 1.82) is 0 Å². The van der Waals surface area contributed by atoms with Crippen LogP contribution in [0.3, 0.4) is 0 Å². The number of hydrogen-bond donors (Lipinski definition) is 0. The van der Waals surface area contributed by atoms with E-state index in [1.54, 1.807) is 19.1 Å². The van der Waals surface area contributed by atoms with Crippen molar-refractivity contribution in [2.75, 3.05) is 6.67 Å². The van der Waals surface area contributed by atoms with Crippen molar-refractivity contribution >= 4 is 5.69 Å². The normalized spacial score (nSPS) is 10.4. The predicted octanol–water partition coefficient (Wildman–Crippen LogP) is 2.51. The molecule has 0 aliphatic carbocycles. The highest BCUT2D eigenvalue weighted by Gasteiger charge is 2.10. The number of benzene rings is 1. The van der Waals surface area contributed by atoms with Crippen LogP contribution in [0.2, 0.25) is 0 Å². The molecule has 0 bridgehead atoms. The molecular weight excluding hydrogens is 173 g/mol. The molecule has 0 heterocycles. The van der Waals surface area contributed by atoms with E-state index in [1.807, 2.05) is 0 Å². The topological polar surface area (TPSA) is 43.1 Å². The molecule has 0 unspecified atom stereocenters. The van der Waals surface area contributed by atoms with E-state index in [-0.39, 0.29) is 5.69 Å². The summed E-state index contributed by atoms with van der Waals surface area (Å²) in [7, 11) is 0. The Labute approximate surface area is 75.3 Å². The van der Waals surface area contributed by atoms with Gasteiger partial charge in [0.2, 0.25) is 0 Å². The van der Waals surface area contributed by atoms with E-state index in [4.69, 9.17) is 0 Å². The lowest BCUT2D eigenvalue weighted by Crippen LogP contribution is -1.97. The van der Waals surface area contributed by atoms with E-state index in [2.05, 4.69) is 0 Å². The smallest absolute Gasteiger partial charge is 0.258 e. The van der Waals surface area contributed by atoms with Crippen molar-refractivity contribution in [3.8, 4) is 0 Å². The molecule has 0 aliphatic rings. The van der Waals surface area contributed by atoms with Crippen LogP contribution in [0.1, 0.15) is 12.5 Å². The van der Waals surface area contributed by atoms with Crippen LogP contribution in [0.5, 0.6) is 0 Å². The van der Waals surface area contributed by atoms with E-state index < -0.39 is 11.6 Å². The summed E-state index contributed by atoms with van der Waals surface area (Å²) in [6, 6.07) is 5.96. The van der Waals surface area contributed by atoms with Gasteiger partial charge in [-0.15, -0.1) is 0 Å². The largest absolute Gasteiger partial charge is 0.269 e. The lowest BCUT2D eigenvalue weighted by Gasteiger charge is -2.04. The Morgan fingerprint density at radius 3 is 2.85 bits per heavy atom. The van der Waals surface area contributed by atoms with Gasteiger partial charge in [-0.1, -0.05) is 19.1 Å². The van der Waals surface area contributed by atoms with Crippen LogP contribution in [-0.4, -0.2) is 11.6 Å². The summed E-state index contributed by atoms with van der Waals surface area (Å²) in [4.78, 5) is 9.88. The fraction of sp³-hybridized carbons (Fsp3) is 0.222. The second-order valence-electron chi connectivity index (χ2n) is 2.72. The molecular formula is C9H9FNO2. The van der Waals surface area contributed by atoms with Crippen LogP contribution in [-0.2, 0) is 0 Å². The van der Waals surface area contributed by atoms with E-state index in [0.29, 0.717) is 11.5 Å². The third kappa shape index (κ3) is 2.24. The fourth-order valence-corrected chi connectivity index (χ4v) is 0.962. The molecule has 0 saturated heterocycles. The van der Waals surface area contributed by atoms with Crippen LogP contribution in [0.4, 0.5) is 10.1 Å². The van der Waals surface area contributed by atoms with Gasteiger partial charge in [-0.05, 0) is 5.56 Å². The molecule has 3 nitrogen and oxygen atoms in total. The molecule has 13 heavy (non-hydrogen) atoms. The Balaban J connectivity index is 2.98. The zero-order valence-corrected chi connectivity index (χ0v) is 7.16. The molecule has 0 saturated carbocycles. The quantitative estimate of drug-likeness (QED) is 0.532. The molecule has 1 aromatic carbocycles. The van der Waals surface area contributed by atoms with E-state index in [0.717, 1.165) is 0 Å². The van der Waals surface area contributed by atoms with Gasteiger partial charge in [-0.3, -0.25) is 14.5 Å². The summed E-state index contributed by atoms with van der Waals surface area (Å²) < 4.78 is 12.2. The molecule has 0 aromatic heterocycles. The SMILES string of the molecule is C[C](CF)c1cccc([N+](=O)[O-])c1. The van der Waals surface area contributed by atoms with Crippen molar-refractivity contribution in [3.05, 3.63) is 45.9 Å². The van der Waals surface area contributed by atoms with E-state index in [9.17, 15) is 14.5 Å². The number of nitro groups is 1. The summed E-state index contributed by atoms with van der Waals surface area (Å²) in [6.07, 6.45) is 0. The lowest BCUT2D eigenvalue weighted by molar-refractivity contribution is -0.384. The molecule has 0 aliphatic heterocycles. The molecule has 0 atom stereocenters. The third-order valence-corrected chi connectivity index (χ3v) is 1.75. The van der Waals surface area contributed by atoms with E-state index in [1.165, 1.54) is 12.1 Å². The fourth-order valence-electron chi connectivity index (χ4n) is 0.962. The van der Waals surface area contributed by atoms with Gasteiger partial charge in [-0.25, -0.2) is 0 Å². The van der Waals surface area contributed by atoms with Crippen molar-refractivity contribution in [2.45, 2.75) is 6.92 Å². The Morgan fingerprint density at radius 2 is 2.31 bits per heavy atom. The first kappa shape index (κ1) is 9.64. The molecule has 1 rings (SSSR count). The lowest BCUT2D eigenvalue weighted by atomic mass is 10.0. The first-order chi connectivity index (χ1) is 6.15. The maximum absolute atomic E-state index is 12.2. The van der Waals surface area contributed by atoms with E-state index >= 15 is 0 Å². The molecule has 0 amide bonds. The van der Waals surface area contributed by atoms with Crippen LogP contribution >= 0.6 is 0 Å². The molecule has 1 radical (unpaired) electrons. The maximum Gasteiger partial charge on any atom is 0.269 e. The Morgan fingerprint density at radius 1 is 1.62 bits per heavy atom. The average Bonchev–Trinajstić information content (AvgIpc) is 2.17. The van der Waals surface area contributed by atoms with Gasteiger partial charge in [0, 0.05) is 18.1 Å². The van der Waals surface area contributed by atoms with Gasteiger partial charge in [0.1, 0.15) is 0 Å². The number of hydrogen-bond acceptors (Lipinski definition) is 2. The van der Waals surface area contributed by atoms with Gasteiger partial charge >= 0.3 is 0 Å². The Bertz CT molecular complexity index is 314. The summed E-state index contributed by atoms with van der Waals surface area (Å²) in [5.74, 6) is 0.503. The summed E-state index contributed by atoms with van der Waals surface area (Å²) in [5, 5.41) is 10.4. The van der Waals surface area contributed by atoms with Crippen molar-refractivity contribution in [3.63, 3.8) is 0 Å². The molecule has 69 valence electrons. The molecule has 0 fully saturated rings. The molecule has 4 heteroatoms. The number of non-ortho nitro benzene ring substituents is 1. The molecule has 0 N–H and O–H groups in total. The van der Waals surface area contributed by atoms with Crippen LogP contribution in [0.15, 0.2) is 24.3 Å². The number of alkyl halides is 1. The van der Waals surface area contributed by atoms with Gasteiger partial charge in [-0.2, -0.15) is 0 Å². The molecule has 0 spiro atoms. The number of nitro benzene ring substituents is 1. The van der Waals surface area contributed by atoms with Crippen LogP contribution < -0.4 is 0 Å². The van der Waals surface area contributed by atoms with Crippen LogP contribution in [0, 0.1) is 16.0 Å². The molecule has 1 aromatic rings. The van der Waals surface area contributed by atoms with Crippen molar-refractivity contribution in [2.24, 2.45) is 0 Å². The first-order valence-corrected chi connectivity index (χ1v) is 3.78. The zero-order valence-electron chi connectivity index (χ0n) is 7.16. The first-order valence-electron chi connectivity index (χ1n) is 3.78. The number of nitrogens with zero attached hydrogens (tertiary/aromatic N) is 1. The van der Waals surface area contributed by atoms with Crippen molar-refractivity contribution < 1.29 is 9.31 Å². The highest BCUT2D eigenvalue weighted by molar-refractivity contribution is 5.40. The maximum atomic E-state index is 12.2. The summed E-state index contributed by atoms with van der Waals surface area (Å²) in [5.41, 5.74) is 0.571. The van der Waals surface area contributed by atoms with Crippen LogP contribution in [0.25, 0.3) is 0 Å². The second kappa shape index (κ2) is 3.98. The van der Waals surface area contributed by atoms with Gasteiger partial charge < -0.3 is 0 Å². The summed E-state index contributed by atoms with van der Waals surface area (Å²) in [6.45, 7) is 1.03. The van der Waals surface area contributed by atoms with Gasteiger partial charge in [0.05, 0.1) is 11.6 Å². The monoisotopic (exact) mass is 182 g/mol. The highest BCUT2D eigenvalue weighted by atomic mass is 19.1. The number of rotatable bonds is 3. The minimum atomic E-state index is -0.582. The Hall–Kier alpha value is -1.45. The third-order valence-electron chi connectivity index (χ3n) is 1.75. The summed E-state index contributed by atoms with van der Waals surface area (Å²) >= 11 is 0. The predicted molar refractivity (Wildman–Crippen MR) is 47.1 cm³/mol. The second-order valence-corrected chi connectivity index (χ2v) is 2.72. The minimum absolute atomic E-state index is 0.00898. The zero-order chi connectivity index (χ0) is 9.84. The Kier molecular flexibility index (Phi) is 2.95. The standard InChI is InChI=1S/C9H9FNO2/c1-7(6-10)8-3-2-4-9(5-8)11(12)13/h2-5H,6H2,1H3. The number of halogens is 1.